The van der Waals surface area contributed by atoms with Crippen LogP contribution >= 0.6 is 67.8 Å². The van der Waals surface area contributed by atoms with E-state index in [9.17, 15) is 62.7 Å². The smallest absolute Gasteiger partial charge is 0.428 e. The number of quaternary nitrogens is 1. The van der Waals surface area contributed by atoms with Gasteiger partial charge in [0.1, 0.15) is 26.4 Å². The van der Waals surface area contributed by atoms with Crippen molar-refractivity contribution in [3.63, 3.8) is 0 Å². The summed E-state index contributed by atoms with van der Waals surface area (Å²) in [6.45, 7) is 12.3. The molecule has 0 spiro atoms. The highest BCUT2D eigenvalue weighted by molar-refractivity contribution is 14.2. The van der Waals surface area contributed by atoms with Crippen molar-refractivity contribution >= 4 is 134 Å². The van der Waals surface area contributed by atoms with Gasteiger partial charge >= 0.3 is 34.4 Å². The van der Waals surface area contributed by atoms with Crippen LogP contribution in [0.25, 0.3) is 0 Å². The summed E-state index contributed by atoms with van der Waals surface area (Å²) in [4.78, 5) is 56.1. The van der Waals surface area contributed by atoms with Crippen LogP contribution in [0, 0.1) is 0 Å². The van der Waals surface area contributed by atoms with Crippen LogP contribution in [0.1, 0.15) is 150 Å². The summed E-state index contributed by atoms with van der Waals surface area (Å²) in [6.07, 6.45) is 17.2. The molecule has 566 valence electrons. The van der Waals surface area contributed by atoms with Crippen LogP contribution in [0.4, 0.5) is 17.6 Å². The second-order valence-corrected chi connectivity index (χ2v) is 32.8. The lowest BCUT2D eigenvalue weighted by Gasteiger charge is -2.17. The van der Waals surface area contributed by atoms with E-state index >= 15 is 0 Å². The molecule has 0 saturated carbocycles. The third-order valence-corrected chi connectivity index (χ3v) is 20.2. The maximum Gasteiger partial charge on any atom is 0.428 e. The van der Waals surface area contributed by atoms with Gasteiger partial charge in [-0.15, -0.1) is 0 Å². The molecule has 0 radical (unpaired) electrons. The number of ether oxygens (including phenoxy) is 4. The predicted octanol–water partition coefficient (Wildman–Crippen LogP) is 14.8. The van der Waals surface area contributed by atoms with E-state index < -0.39 is 81.1 Å². The molecule has 1 N–H and O–H groups in total. The first-order valence-corrected chi connectivity index (χ1v) is 43.8. The first-order valence-electron chi connectivity index (χ1n) is 33.4. The quantitative estimate of drug-likeness (QED) is 0.00560. The Morgan fingerprint density at radius 2 is 0.564 bits per heavy atom. The minimum atomic E-state index is -6.15. The first-order chi connectivity index (χ1) is 47.9. The summed E-state index contributed by atoms with van der Waals surface area (Å²) < 4.78 is 131. The van der Waals surface area contributed by atoms with Crippen molar-refractivity contribution in [1.29, 1.82) is 0 Å². The van der Waals surface area contributed by atoms with E-state index in [-0.39, 0.29) is 51.6 Å². The molecule has 0 unspecified atom stereocenters. The molecule has 0 aliphatic rings. The highest BCUT2D eigenvalue weighted by Crippen LogP contribution is 2.32. The molecule has 6 aromatic carbocycles. The Kier molecular flexibility index (Phi) is 60.1. The van der Waals surface area contributed by atoms with Crippen LogP contribution in [-0.2, 0) is 80.2 Å². The number of benzene rings is 6. The number of esters is 4. The normalized spacial score (nSPS) is 10.9. The summed E-state index contributed by atoms with van der Waals surface area (Å²) in [5.74, 6) is -6.10. The fraction of sp³-hybridized carbons (Fsp3) is 0.459. The van der Waals surface area contributed by atoms with Crippen molar-refractivity contribution in [2.75, 3.05) is 53.4 Å². The van der Waals surface area contributed by atoms with Crippen LogP contribution < -0.4 is 21.9 Å². The molecule has 0 amide bonds. The third kappa shape index (κ3) is 44.6. The molecule has 0 heterocycles. The maximum absolute atomic E-state index is 12.8. The van der Waals surface area contributed by atoms with Crippen molar-refractivity contribution in [2.45, 2.75) is 190 Å². The van der Waals surface area contributed by atoms with Crippen LogP contribution in [-0.4, -0.2) is 114 Å². The van der Waals surface area contributed by atoms with E-state index in [4.69, 9.17) is 0 Å². The van der Waals surface area contributed by atoms with Crippen molar-refractivity contribution in [2.24, 2.45) is 0 Å². The van der Waals surface area contributed by atoms with Crippen LogP contribution in [0.2, 0.25) is 0 Å². The summed E-state index contributed by atoms with van der Waals surface area (Å²) >= 11 is 6.70. The van der Waals surface area contributed by atoms with E-state index in [0.717, 1.165) is 38.5 Å². The predicted molar refractivity (Wildman–Crippen MR) is 416 cm³/mol. The van der Waals surface area contributed by atoms with Gasteiger partial charge in [-0.05, 0) is 111 Å². The molecule has 6 aromatic rings. The van der Waals surface area contributed by atoms with Crippen molar-refractivity contribution < 1.29 is 104 Å². The summed E-state index contributed by atoms with van der Waals surface area (Å²) in [6, 6.07) is 64.3. The van der Waals surface area contributed by atoms with Gasteiger partial charge in [0.2, 0.25) is 0 Å². The van der Waals surface area contributed by atoms with E-state index in [2.05, 4.69) is 303 Å². The molecule has 27 heteroatoms. The Bertz CT molecular complexity index is 2860. The third-order valence-electron chi connectivity index (χ3n) is 14.1. The summed E-state index contributed by atoms with van der Waals surface area (Å²) in [7, 11) is -12.3. The number of unbranched alkanes of at least 4 members (excludes halogenated alkanes) is 14. The molecule has 6 rings (SSSR count). The summed E-state index contributed by atoms with van der Waals surface area (Å²) in [5.41, 5.74) is 0. The van der Waals surface area contributed by atoms with Crippen molar-refractivity contribution in [1.82, 2.24) is 0 Å². The largest absolute Gasteiger partial charge is 1.00 e. The molecule has 15 nitrogen and oxygen atoms in total. The number of nitrogens with one attached hydrogen (secondary N) is 1. The fourth-order valence-corrected chi connectivity index (χ4v) is 13.5. The highest BCUT2D eigenvalue weighted by atomic mass is 127. The van der Waals surface area contributed by atoms with Crippen LogP contribution in [0.5, 0.6) is 0 Å². The number of carbonyl (C=O) groups is 4. The molecule has 0 aliphatic carbocycles. The zero-order valence-electron chi connectivity index (χ0n) is 58.6. The Labute approximate surface area is 656 Å². The van der Waals surface area contributed by atoms with Gasteiger partial charge in [-0.3, -0.25) is 9.59 Å². The Morgan fingerprint density at radius 1 is 0.376 bits per heavy atom. The number of alkyl halides is 7. The summed E-state index contributed by atoms with van der Waals surface area (Å²) in [5, 5.41) is -10.3. The van der Waals surface area contributed by atoms with Gasteiger partial charge < -0.3 is 49.9 Å². The zero-order valence-corrected chi connectivity index (χ0v) is 69.9. The SMILES string of the molecule is CCCCCCCCCCC(=O)OCCOC(=O)C(F)(F)S(=O)(=O)[O-].CCCCCCCCCCC(=O)OCCOC(=O)C(F)(F)S(=O)(=O)[O-].CC[NH+](CC)CC.CI.ICI.[Br-].c1ccc([S+](c2ccccc2)c2ccccc2)cc1.c1ccc([S+](c2ccccc2)c2ccccc2)cc1. The first kappa shape index (κ1) is 99.1. The standard InChI is InChI=1S/2C18H15S.2C15H26F2O7S.C6H15N.CH2I2.CH3I.BrH/c2*1-4-10-16(11-5-1)19(17-12-6-2-7-13-17)18-14-8-3-9-15-18;2*1-2-3-4-5-6-7-8-9-10-13(18)23-11-12-24-14(19)15(16,17)25(20,21)22;1-4-7(5-2)6-3;2-1-3;1-2;/h2*1-15H;2*2-12H2,1H3,(H,20,21,22);4-6H2,1-3H3;1H2;1H3;1H/q2*+1;;;;;;/p-2. The number of hydrogen-bond acceptors (Lipinski definition) is 14. The van der Waals surface area contributed by atoms with Crippen LogP contribution in [0.3, 0.4) is 0 Å². The lowest BCUT2D eigenvalue weighted by Crippen LogP contribution is -3.11. The Hall–Kier alpha value is -3.93. The molecular weight excluding hydrogens is 1790 g/mol. The Balaban J connectivity index is 0. The molecule has 0 atom stereocenters. The number of carbonyl (C=O) groups excluding carboxylic acids is 4. The molecular formula is C74H101BrF4I3NO14S4. The Morgan fingerprint density at radius 3 is 0.743 bits per heavy atom. The molecule has 0 bridgehead atoms. The van der Waals surface area contributed by atoms with Crippen molar-refractivity contribution in [3.8, 4) is 0 Å². The van der Waals surface area contributed by atoms with Gasteiger partial charge in [0.05, 0.1) is 43.9 Å². The van der Waals surface area contributed by atoms with E-state index in [1.165, 1.54) is 103 Å². The second kappa shape index (κ2) is 61.2. The monoisotopic (exact) mass is 1890 g/mol. The number of rotatable bonds is 37. The van der Waals surface area contributed by atoms with Gasteiger partial charge in [0, 0.05) is 12.8 Å². The average Bonchev–Trinajstić information content (AvgIpc) is 0.847. The van der Waals surface area contributed by atoms with Gasteiger partial charge in [-0.2, -0.15) is 17.6 Å². The minimum absolute atomic E-state index is 0. The topological polar surface area (TPSA) is 224 Å². The molecule has 0 saturated heterocycles. The van der Waals surface area contributed by atoms with E-state index in [1.54, 1.807) is 4.90 Å². The number of halogens is 8. The highest BCUT2D eigenvalue weighted by Gasteiger charge is 2.49. The van der Waals surface area contributed by atoms with Crippen molar-refractivity contribution in [3.05, 3.63) is 182 Å². The lowest BCUT2D eigenvalue weighted by atomic mass is 10.1. The van der Waals surface area contributed by atoms with Gasteiger partial charge in [0.25, 0.3) is 0 Å². The molecule has 101 heavy (non-hydrogen) atoms. The van der Waals surface area contributed by atoms with Gasteiger partial charge in [-0.25, -0.2) is 26.4 Å². The van der Waals surface area contributed by atoms with Gasteiger partial charge in [-0.1, -0.05) is 281 Å². The zero-order chi connectivity index (χ0) is 74.9. The van der Waals surface area contributed by atoms with E-state index in [1.807, 2.05) is 4.93 Å². The van der Waals surface area contributed by atoms with Gasteiger partial charge in [0.15, 0.2) is 49.6 Å². The average molecular weight is 1890 g/mol. The molecule has 0 aromatic heterocycles. The fourth-order valence-electron chi connectivity index (χ4n) is 8.81. The minimum Gasteiger partial charge on any atom is -1.00 e. The van der Waals surface area contributed by atoms with E-state index in [0.29, 0.717) is 12.8 Å². The second-order valence-electron chi connectivity index (χ2n) is 21.5. The lowest BCUT2D eigenvalue weighted by molar-refractivity contribution is -0.894. The maximum atomic E-state index is 12.8. The molecule has 0 fully saturated rings. The number of hydrogen-bond donors (Lipinski definition) is 1. The van der Waals surface area contributed by atoms with Crippen LogP contribution in [0.15, 0.2) is 211 Å². The molecule has 0 aliphatic heterocycles.